The van der Waals surface area contributed by atoms with Crippen LogP contribution in [0, 0.1) is 18.8 Å². The molecule has 3 aromatic rings. The number of aryl methyl sites for hydroxylation is 2. The molecule has 262 valence electrons. The molecule has 4 heterocycles. The molecule has 1 aromatic heterocycles. The normalized spacial score (nSPS) is 21.9. The van der Waals surface area contributed by atoms with Crippen molar-refractivity contribution in [3.05, 3.63) is 47.7 Å². The summed E-state index contributed by atoms with van der Waals surface area (Å²) in [6.07, 6.45) is 3.95. The first-order valence-corrected chi connectivity index (χ1v) is 17.6. The largest absolute Gasteiger partial charge is 0.495 e. The van der Waals surface area contributed by atoms with Crippen LogP contribution in [0.5, 0.6) is 5.75 Å². The summed E-state index contributed by atoms with van der Waals surface area (Å²) in [5.41, 5.74) is 3.56. The van der Waals surface area contributed by atoms with E-state index < -0.39 is 5.92 Å². The molecule has 3 saturated heterocycles. The van der Waals surface area contributed by atoms with E-state index in [1.54, 1.807) is 4.68 Å². The van der Waals surface area contributed by atoms with E-state index in [4.69, 9.17) is 14.0 Å². The third-order valence-electron chi connectivity index (χ3n) is 10.8. The Labute approximate surface area is 289 Å². The highest BCUT2D eigenvalue weighted by atomic mass is 16.7. The number of hydrogen-bond acceptors (Lipinski definition) is 8. The summed E-state index contributed by atoms with van der Waals surface area (Å²) in [5, 5.41) is 10.9. The van der Waals surface area contributed by atoms with E-state index in [0.29, 0.717) is 49.2 Å². The number of aromatic nitrogens is 2. The van der Waals surface area contributed by atoms with E-state index >= 15 is 0 Å². The molecule has 0 bridgehead atoms. The van der Waals surface area contributed by atoms with Gasteiger partial charge in [-0.15, -0.1) is 0 Å². The molecule has 0 saturated carbocycles. The van der Waals surface area contributed by atoms with Crippen LogP contribution < -0.4 is 20.8 Å². The molecule has 0 radical (unpaired) electrons. The maximum atomic E-state index is 13.0. The quantitative estimate of drug-likeness (QED) is 0.239. The van der Waals surface area contributed by atoms with Gasteiger partial charge >= 0.3 is 7.12 Å². The van der Waals surface area contributed by atoms with Gasteiger partial charge in [0.1, 0.15) is 5.75 Å². The summed E-state index contributed by atoms with van der Waals surface area (Å²) in [6, 6.07) is 11.8. The van der Waals surface area contributed by atoms with E-state index in [9.17, 15) is 14.4 Å². The van der Waals surface area contributed by atoms with Gasteiger partial charge < -0.3 is 19.4 Å². The van der Waals surface area contributed by atoms with Gasteiger partial charge in [-0.3, -0.25) is 29.3 Å². The average molecular weight is 672 g/mol. The highest BCUT2D eigenvalue weighted by Gasteiger charge is 2.52. The molecular formula is C37H50BN5O6. The Morgan fingerprint density at radius 2 is 1.80 bits per heavy atom. The molecule has 3 aliphatic heterocycles. The smallest absolute Gasteiger partial charge is 0.493 e. The van der Waals surface area contributed by atoms with Crippen LogP contribution in [0.25, 0.3) is 10.9 Å². The van der Waals surface area contributed by atoms with Crippen molar-refractivity contribution in [3.63, 3.8) is 0 Å². The fraction of sp³-hybridized carbons (Fsp3) is 0.568. The van der Waals surface area contributed by atoms with Crippen LogP contribution in [0.3, 0.4) is 0 Å². The first kappa shape index (κ1) is 35.1. The van der Waals surface area contributed by atoms with Crippen molar-refractivity contribution < 1.29 is 28.4 Å². The number of fused-ring (bicyclic) bond motifs is 1. The maximum absolute atomic E-state index is 13.0. The van der Waals surface area contributed by atoms with Crippen molar-refractivity contribution in [1.82, 2.24) is 20.0 Å². The standard InChI is InChI=1S/C37H50BN5O6/c1-23(22-47-27-9-12-30(24(2)19-27)38-48-36(3,4)37(5,6)49-38)18-25-14-16-43(17-15-25)21-33(45)39-26-8-10-28-31(20-26)42(7)41-34(28)29-11-13-32(44)40-35(29)46/h8-10,12,19-20,23,25,29H,11,13-18,21-22H2,1-7H3,(H,39,45)(H,40,44,46)/t23-,29?/m1/s1. The lowest BCUT2D eigenvalue weighted by Gasteiger charge is -2.32. The Kier molecular flexibility index (Phi) is 9.94. The first-order valence-electron chi connectivity index (χ1n) is 17.6. The summed E-state index contributed by atoms with van der Waals surface area (Å²) < 4.78 is 20.4. The minimum atomic E-state index is -0.462. The number of ether oxygens (including phenoxy) is 1. The van der Waals surface area contributed by atoms with Crippen molar-refractivity contribution >= 4 is 46.9 Å². The molecule has 3 aliphatic rings. The van der Waals surface area contributed by atoms with Crippen LogP contribution in [-0.2, 0) is 30.7 Å². The Bertz CT molecular complexity index is 1710. The Balaban J connectivity index is 0.935. The van der Waals surface area contributed by atoms with E-state index in [1.807, 2.05) is 31.3 Å². The number of amides is 3. The second-order valence-electron chi connectivity index (χ2n) is 15.3. The minimum Gasteiger partial charge on any atom is -0.493 e. The molecule has 3 fully saturated rings. The number of nitrogens with zero attached hydrogens (tertiary/aromatic N) is 3. The molecule has 12 heteroatoms. The molecule has 2 aromatic carbocycles. The highest BCUT2D eigenvalue weighted by molar-refractivity contribution is 6.62. The molecule has 2 atom stereocenters. The second kappa shape index (κ2) is 13.9. The van der Waals surface area contributed by atoms with Crippen molar-refractivity contribution in [1.29, 1.82) is 0 Å². The molecule has 0 aliphatic carbocycles. The zero-order valence-corrected chi connectivity index (χ0v) is 29.9. The highest BCUT2D eigenvalue weighted by Crippen LogP contribution is 2.37. The molecule has 2 N–H and O–H groups in total. The molecular weight excluding hydrogens is 621 g/mol. The zero-order chi connectivity index (χ0) is 35.1. The summed E-state index contributed by atoms with van der Waals surface area (Å²) in [5.74, 6) is 0.821. The zero-order valence-electron chi connectivity index (χ0n) is 29.9. The number of carbonyl (C=O) groups excluding carboxylic acids is 3. The lowest BCUT2D eigenvalue weighted by atomic mass is 9.76. The number of benzene rings is 2. The Morgan fingerprint density at radius 1 is 1.08 bits per heavy atom. The van der Waals surface area contributed by atoms with Crippen LogP contribution in [0.1, 0.15) is 83.9 Å². The fourth-order valence-corrected chi connectivity index (χ4v) is 7.21. The summed E-state index contributed by atoms with van der Waals surface area (Å²) >= 11 is 0. The minimum absolute atomic E-state index is 0.0491. The van der Waals surface area contributed by atoms with Crippen molar-refractivity contribution in [2.24, 2.45) is 18.9 Å². The van der Waals surface area contributed by atoms with Crippen LogP contribution in [0.4, 0.5) is 5.69 Å². The van der Waals surface area contributed by atoms with Gasteiger partial charge in [0.2, 0.25) is 17.7 Å². The fourth-order valence-electron chi connectivity index (χ4n) is 7.21. The van der Waals surface area contributed by atoms with E-state index in [-0.39, 0.29) is 36.0 Å². The van der Waals surface area contributed by atoms with Gasteiger partial charge in [-0.2, -0.15) is 5.10 Å². The van der Waals surface area contributed by atoms with Crippen LogP contribution in [0.15, 0.2) is 36.4 Å². The third-order valence-corrected chi connectivity index (χ3v) is 10.8. The van der Waals surface area contributed by atoms with Crippen molar-refractivity contribution in [3.8, 4) is 5.75 Å². The van der Waals surface area contributed by atoms with Gasteiger partial charge in [0, 0.05) is 24.5 Å². The first-order chi connectivity index (χ1) is 23.2. The van der Waals surface area contributed by atoms with Crippen LogP contribution in [0.2, 0.25) is 0 Å². The van der Waals surface area contributed by atoms with Gasteiger partial charge in [0.15, 0.2) is 0 Å². The van der Waals surface area contributed by atoms with E-state index in [1.165, 1.54) is 0 Å². The number of rotatable bonds is 10. The lowest BCUT2D eigenvalue weighted by Crippen LogP contribution is -2.41. The number of imide groups is 1. The number of likely N-dealkylation sites (tertiary alicyclic amines) is 1. The second-order valence-corrected chi connectivity index (χ2v) is 15.3. The molecule has 0 spiro atoms. The lowest BCUT2D eigenvalue weighted by molar-refractivity contribution is -0.134. The van der Waals surface area contributed by atoms with Crippen molar-refractivity contribution in [2.45, 2.75) is 90.8 Å². The molecule has 11 nitrogen and oxygen atoms in total. The Morgan fingerprint density at radius 3 is 2.47 bits per heavy atom. The molecule has 3 amide bonds. The molecule has 49 heavy (non-hydrogen) atoms. The van der Waals surface area contributed by atoms with Gasteiger partial charge in [-0.25, -0.2) is 0 Å². The monoisotopic (exact) mass is 671 g/mol. The van der Waals surface area contributed by atoms with Crippen molar-refractivity contribution in [2.75, 3.05) is 31.6 Å². The van der Waals surface area contributed by atoms with Crippen LogP contribution >= 0.6 is 0 Å². The predicted octanol–water partition coefficient (Wildman–Crippen LogP) is 4.46. The third kappa shape index (κ3) is 7.71. The summed E-state index contributed by atoms with van der Waals surface area (Å²) in [6.45, 7) is 15.4. The van der Waals surface area contributed by atoms with Crippen LogP contribution in [-0.4, -0.2) is 77.0 Å². The number of hydrogen-bond donors (Lipinski definition) is 2. The molecule has 1 unspecified atom stereocenters. The average Bonchev–Trinajstić information content (AvgIpc) is 3.46. The SMILES string of the molecule is Cc1cc(OC[C@H](C)CC2CCN(CC(=O)Nc3ccc4c(C5CCC(=O)NC5=O)nn(C)c4c3)CC2)ccc1B1OC(C)(C)C(C)(C)O1. The van der Waals surface area contributed by atoms with Gasteiger partial charge in [-0.05, 0) is 127 Å². The Hall–Kier alpha value is -3.74. The number of carbonyl (C=O) groups is 3. The van der Waals surface area contributed by atoms with Gasteiger partial charge in [-0.1, -0.05) is 13.0 Å². The predicted molar refractivity (Wildman–Crippen MR) is 190 cm³/mol. The topological polar surface area (TPSA) is 124 Å². The number of anilines is 1. The maximum Gasteiger partial charge on any atom is 0.495 e. The van der Waals surface area contributed by atoms with Gasteiger partial charge in [0.25, 0.3) is 0 Å². The van der Waals surface area contributed by atoms with Gasteiger partial charge in [0.05, 0.1) is 41.5 Å². The molecule has 6 rings (SSSR count). The summed E-state index contributed by atoms with van der Waals surface area (Å²) in [7, 11) is 1.44. The summed E-state index contributed by atoms with van der Waals surface area (Å²) in [4.78, 5) is 39.3. The number of nitrogens with one attached hydrogen (secondary N) is 2. The van der Waals surface area contributed by atoms with E-state index in [0.717, 1.165) is 60.0 Å². The van der Waals surface area contributed by atoms with E-state index in [2.05, 4.69) is 74.3 Å². The number of piperidine rings is 2.